The highest BCUT2D eigenvalue weighted by Crippen LogP contribution is 2.24. The number of fused-ring (bicyclic) bond motifs is 3. The summed E-state index contributed by atoms with van der Waals surface area (Å²) in [5, 5.41) is 5.42. The Morgan fingerprint density at radius 1 is 0.550 bits per heavy atom. The van der Waals surface area contributed by atoms with Gasteiger partial charge in [0.25, 0.3) is 0 Å². The first-order valence-electron chi connectivity index (χ1n) is 7.52. The molecule has 0 unspecified atom stereocenters. The van der Waals surface area contributed by atoms with Gasteiger partial charge in [-0.05, 0) is 21.5 Å². The van der Waals surface area contributed by atoms with Crippen molar-refractivity contribution in [2.75, 3.05) is 0 Å². The second kappa shape index (κ2) is 5.01. The van der Waals surface area contributed by atoms with E-state index in [0.29, 0.717) is 13.4 Å². The first-order valence-corrected chi connectivity index (χ1v) is 7.52. The summed E-state index contributed by atoms with van der Waals surface area (Å²) in [5.74, 6) is 0. The van der Waals surface area contributed by atoms with Crippen LogP contribution in [0.4, 0.5) is 0 Å². The van der Waals surface area contributed by atoms with E-state index in [1.54, 1.807) is 0 Å². The molecule has 0 saturated heterocycles. The molecule has 0 aliphatic carbocycles. The van der Waals surface area contributed by atoms with Crippen molar-refractivity contribution in [3.05, 3.63) is 48.5 Å². The summed E-state index contributed by atoms with van der Waals surface area (Å²) < 4.78 is 0. The summed E-state index contributed by atoms with van der Waals surface area (Å²) in [6.45, 7) is 10.2. The molecule has 0 radical (unpaired) electrons. The maximum atomic E-state index is 2.33. The van der Waals surface area contributed by atoms with Crippen LogP contribution in [0.1, 0.15) is 0 Å². The molecule has 0 heterocycles. The molecule has 0 atom stereocenters. The van der Waals surface area contributed by atoms with Gasteiger partial charge in [0.05, 0.1) is 0 Å². The van der Waals surface area contributed by atoms with Crippen molar-refractivity contribution in [3.8, 4) is 0 Å². The summed E-state index contributed by atoms with van der Waals surface area (Å²) >= 11 is 0. The zero-order valence-electron chi connectivity index (χ0n) is 12.8. The van der Waals surface area contributed by atoms with Crippen LogP contribution in [-0.4, -0.2) is 13.4 Å². The first-order chi connectivity index (χ1) is 9.56. The van der Waals surface area contributed by atoms with Crippen LogP contribution < -0.4 is 10.9 Å². The fourth-order valence-corrected chi connectivity index (χ4v) is 2.83. The highest BCUT2D eigenvalue weighted by molar-refractivity contribution is 6.71. The molecule has 0 amide bonds. The number of benzene rings is 3. The van der Waals surface area contributed by atoms with E-state index in [1.807, 2.05) is 0 Å². The van der Waals surface area contributed by atoms with Crippen molar-refractivity contribution in [1.29, 1.82) is 0 Å². The quantitative estimate of drug-likeness (QED) is 0.482. The monoisotopic (exact) mass is 258 g/mol. The molecule has 0 saturated carbocycles. The van der Waals surface area contributed by atoms with Gasteiger partial charge in [0, 0.05) is 0 Å². The van der Waals surface area contributed by atoms with Gasteiger partial charge in [-0.1, -0.05) is 86.7 Å². The van der Waals surface area contributed by atoms with E-state index in [4.69, 9.17) is 0 Å². The van der Waals surface area contributed by atoms with E-state index in [2.05, 4.69) is 75.8 Å². The van der Waals surface area contributed by atoms with E-state index in [9.17, 15) is 0 Å². The number of hydrogen-bond donors (Lipinski definition) is 0. The molecule has 2 heteroatoms. The van der Waals surface area contributed by atoms with E-state index < -0.39 is 0 Å². The fraction of sp³-hybridized carbons (Fsp3) is 0.222. The van der Waals surface area contributed by atoms with Gasteiger partial charge in [-0.15, -0.1) is 0 Å². The maximum absolute atomic E-state index is 2.33. The Bertz CT molecular complexity index is 706. The van der Waals surface area contributed by atoms with E-state index in [1.165, 1.54) is 32.5 Å². The lowest BCUT2D eigenvalue weighted by molar-refractivity contribution is 1.78. The van der Waals surface area contributed by atoms with Crippen LogP contribution in [0.2, 0.25) is 27.3 Å². The number of hydrogen-bond acceptors (Lipinski definition) is 0. The summed E-state index contributed by atoms with van der Waals surface area (Å²) in [5.41, 5.74) is 2.83. The van der Waals surface area contributed by atoms with E-state index in [0.717, 1.165) is 0 Å². The molecule has 98 valence electrons. The van der Waals surface area contributed by atoms with Crippen LogP contribution in [0, 0.1) is 0 Å². The Kier molecular flexibility index (Phi) is 3.33. The van der Waals surface area contributed by atoms with Crippen molar-refractivity contribution in [2.24, 2.45) is 0 Å². The molecule has 20 heavy (non-hydrogen) atoms. The minimum Gasteiger partial charge on any atom is -0.0819 e. The zero-order valence-corrected chi connectivity index (χ0v) is 12.8. The maximum Gasteiger partial charge on any atom is 0.169 e. The topological polar surface area (TPSA) is 0 Å². The second-order valence-electron chi connectivity index (χ2n) is 6.34. The lowest BCUT2D eigenvalue weighted by Gasteiger charge is -2.10. The van der Waals surface area contributed by atoms with Crippen LogP contribution >= 0.6 is 0 Å². The average molecular weight is 258 g/mol. The highest BCUT2D eigenvalue weighted by atomic mass is 14.0. The van der Waals surface area contributed by atoms with Crippen LogP contribution in [-0.2, 0) is 0 Å². The summed E-state index contributed by atoms with van der Waals surface area (Å²) in [4.78, 5) is 0. The molecule has 0 aliphatic heterocycles. The molecular weight excluding hydrogens is 238 g/mol. The Morgan fingerprint density at radius 3 is 1.30 bits per heavy atom. The largest absolute Gasteiger partial charge is 0.169 e. The molecule has 0 spiro atoms. The first kappa shape index (κ1) is 13.3. The third-order valence-corrected chi connectivity index (χ3v) is 4.22. The molecule has 3 aromatic rings. The second-order valence-corrected chi connectivity index (χ2v) is 6.34. The lowest BCUT2D eigenvalue weighted by atomic mass is 9.49. The van der Waals surface area contributed by atoms with Gasteiger partial charge in [0.2, 0.25) is 0 Å². The Labute approximate surface area is 122 Å². The molecule has 0 nitrogen and oxygen atoms in total. The normalized spacial score (nSPS) is 11.0. The van der Waals surface area contributed by atoms with Crippen molar-refractivity contribution in [1.82, 2.24) is 0 Å². The molecule has 3 rings (SSSR count). The Hall–Kier alpha value is -1.69. The third-order valence-electron chi connectivity index (χ3n) is 4.22. The van der Waals surface area contributed by atoms with Crippen LogP contribution in [0.15, 0.2) is 48.5 Å². The predicted octanol–water partition coefficient (Wildman–Crippen LogP) is 3.92. The minimum absolute atomic E-state index is 0.582. The van der Waals surface area contributed by atoms with Gasteiger partial charge in [-0.3, -0.25) is 0 Å². The van der Waals surface area contributed by atoms with E-state index >= 15 is 0 Å². The van der Waals surface area contributed by atoms with Gasteiger partial charge in [0.15, 0.2) is 13.4 Å². The van der Waals surface area contributed by atoms with Crippen molar-refractivity contribution >= 4 is 45.9 Å². The molecule has 0 aliphatic rings. The summed E-state index contributed by atoms with van der Waals surface area (Å²) in [6, 6.07) is 18.3. The fourth-order valence-electron chi connectivity index (χ4n) is 2.83. The van der Waals surface area contributed by atoms with Crippen molar-refractivity contribution in [3.63, 3.8) is 0 Å². The minimum atomic E-state index is 0.582. The summed E-state index contributed by atoms with van der Waals surface area (Å²) in [7, 11) is 0. The van der Waals surface area contributed by atoms with Gasteiger partial charge >= 0.3 is 0 Å². The molecule has 0 N–H and O–H groups in total. The third kappa shape index (κ3) is 2.24. The molecule has 0 bridgehead atoms. The van der Waals surface area contributed by atoms with Gasteiger partial charge in [-0.25, -0.2) is 0 Å². The standard InChI is InChI=1S/C18H20B2/c1-19(2)15-7-9-17-13(11-15)5-6-14-12-16(20(3)4)8-10-18(14)17/h5-12H,1-4H3. The van der Waals surface area contributed by atoms with Gasteiger partial charge in [-0.2, -0.15) is 0 Å². The van der Waals surface area contributed by atoms with Gasteiger partial charge in [0.1, 0.15) is 0 Å². The predicted molar refractivity (Wildman–Crippen MR) is 95.7 cm³/mol. The smallest absolute Gasteiger partial charge is 0.0819 e. The molecule has 3 aromatic carbocycles. The molecule has 0 fully saturated rings. The summed E-state index contributed by atoms with van der Waals surface area (Å²) in [6.07, 6.45) is 0. The number of rotatable bonds is 2. The molecule has 0 aromatic heterocycles. The van der Waals surface area contributed by atoms with Crippen molar-refractivity contribution in [2.45, 2.75) is 27.3 Å². The van der Waals surface area contributed by atoms with Crippen LogP contribution in [0.3, 0.4) is 0 Å². The SMILES string of the molecule is CB(C)c1ccc2c(ccc3cc(B(C)C)ccc32)c1. The molecular formula is C18H20B2. The van der Waals surface area contributed by atoms with Gasteiger partial charge < -0.3 is 0 Å². The zero-order chi connectivity index (χ0) is 14.3. The Morgan fingerprint density at radius 2 is 0.950 bits per heavy atom. The average Bonchev–Trinajstić information content (AvgIpc) is 2.45. The van der Waals surface area contributed by atoms with E-state index in [-0.39, 0.29) is 0 Å². The highest BCUT2D eigenvalue weighted by Gasteiger charge is 2.08. The van der Waals surface area contributed by atoms with Crippen molar-refractivity contribution < 1.29 is 0 Å². The van der Waals surface area contributed by atoms with Crippen LogP contribution in [0.5, 0.6) is 0 Å². The Balaban J connectivity index is 2.25. The lowest BCUT2D eigenvalue weighted by Crippen LogP contribution is -2.22. The van der Waals surface area contributed by atoms with Crippen LogP contribution in [0.25, 0.3) is 21.5 Å².